The molecule has 0 spiro atoms. The first-order valence-corrected chi connectivity index (χ1v) is 9.08. The molecule has 1 heterocycles. The van der Waals surface area contributed by atoms with Gasteiger partial charge in [0.25, 0.3) is 0 Å². The fourth-order valence-corrected chi connectivity index (χ4v) is 3.15. The van der Waals surface area contributed by atoms with Gasteiger partial charge in [-0.2, -0.15) is 0 Å². The van der Waals surface area contributed by atoms with Gasteiger partial charge in [-0.3, -0.25) is 4.79 Å². The lowest BCUT2D eigenvalue weighted by Gasteiger charge is -2.28. The summed E-state index contributed by atoms with van der Waals surface area (Å²) < 4.78 is 5.98. The molecule has 0 bridgehead atoms. The second-order valence-corrected chi connectivity index (χ2v) is 7.67. The van der Waals surface area contributed by atoms with E-state index in [0.717, 1.165) is 16.5 Å². The molecule has 0 aliphatic carbocycles. The molecule has 0 fully saturated rings. The summed E-state index contributed by atoms with van der Waals surface area (Å²) in [6.07, 6.45) is 0. The van der Waals surface area contributed by atoms with Crippen LogP contribution in [0, 0.1) is 0 Å². The molecule has 0 radical (unpaired) electrons. The van der Waals surface area contributed by atoms with Gasteiger partial charge in [0.15, 0.2) is 0 Å². The fraction of sp³-hybridized carbons (Fsp3) is 0.318. The number of aliphatic hydroxyl groups is 1. The Bertz CT molecular complexity index is 959. The predicted molar refractivity (Wildman–Crippen MR) is 108 cm³/mol. The Morgan fingerprint density at radius 2 is 1.81 bits per heavy atom. The summed E-state index contributed by atoms with van der Waals surface area (Å²) in [6.45, 7) is 6.52. The number of hydrogen-bond donors (Lipinski definition) is 3. The van der Waals surface area contributed by atoms with E-state index in [1.807, 2.05) is 42.5 Å². The van der Waals surface area contributed by atoms with Crippen molar-refractivity contribution in [3.05, 3.63) is 76.1 Å². The molecule has 2 aromatic carbocycles. The van der Waals surface area contributed by atoms with Crippen LogP contribution in [0.5, 0.6) is 5.75 Å². The Balaban J connectivity index is 2.00. The van der Waals surface area contributed by atoms with E-state index in [2.05, 4.69) is 31.1 Å². The molecule has 1 aromatic heterocycles. The third kappa shape index (κ3) is 4.76. The van der Waals surface area contributed by atoms with Gasteiger partial charge in [-0.05, 0) is 44.0 Å². The maximum Gasteiger partial charge on any atom is 0.248 e. The van der Waals surface area contributed by atoms with Gasteiger partial charge in [-0.1, -0.05) is 36.4 Å². The number of aromatic nitrogens is 1. The van der Waals surface area contributed by atoms with Crippen LogP contribution in [-0.2, 0) is 6.61 Å². The lowest BCUT2D eigenvalue weighted by molar-refractivity contribution is 0.218. The van der Waals surface area contributed by atoms with E-state index in [4.69, 9.17) is 4.74 Å². The predicted octanol–water partition coefficient (Wildman–Crippen LogP) is 3.53. The third-order valence-corrected chi connectivity index (χ3v) is 4.29. The normalized spacial score (nSPS) is 12.9. The summed E-state index contributed by atoms with van der Waals surface area (Å²) in [5.41, 5.74) is 2.27. The maximum absolute atomic E-state index is 11.9. The van der Waals surface area contributed by atoms with Crippen molar-refractivity contribution in [1.29, 1.82) is 0 Å². The molecule has 3 aromatic rings. The van der Waals surface area contributed by atoms with E-state index in [9.17, 15) is 9.90 Å². The molecule has 1 atom stereocenters. The molecule has 0 saturated heterocycles. The van der Waals surface area contributed by atoms with Crippen molar-refractivity contribution in [1.82, 2.24) is 10.3 Å². The number of ether oxygens (including phenoxy) is 1. The van der Waals surface area contributed by atoms with Gasteiger partial charge in [0, 0.05) is 17.0 Å². The van der Waals surface area contributed by atoms with E-state index in [0.29, 0.717) is 17.9 Å². The summed E-state index contributed by atoms with van der Waals surface area (Å²) in [7, 11) is 0. The van der Waals surface area contributed by atoms with E-state index in [-0.39, 0.29) is 23.7 Å². The summed E-state index contributed by atoms with van der Waals surface area (Å²) >= 11 is 0. The van der Waals surface area contributed by atoms with Gasteiger partial charge >= 0.3 is 0 Å². The van der Waals surface area contributed by atoms with E-state index in [1.165, 1.54) is 6.07 Å². The highest BCUT2D eigenvalue weighted by molar-refractivity contribution is 5.87. The minimum absolute atomic E-state index is 0.0459. The highest BCUT2D eigenvalue weighted by atomic mass is 16.5. The number of H-pyrrole nitrogens is 1. The lowest BCUT2D eigenvalue weighted by atomic mass is 9.98. The van der Waals surface area contributed by atoms with Gasteiger partial charge in [0.2, 0.25) is 5.56 Å². The van der Waals surface area contributed by atoms with Crippen LogP contribution in [-0.4, -0.2) is 22.2 Å². The molecule has 3 rings (SSSR count). The van der Waals surface area contributed by atoms with Crippen LogP contribution in [0.1, 0.15) is 37.9 Å². The minimum atomic E-state index is -0.249. The number of fused-ring (bicyclic) bond motifs is 1. The summed E-state index contributed by atoms with van der Waals surface area (Å²) in [5, 5.41) is 14.2. The van der Waals surface area contributed by atoms with Gasteiger partial charge in [-0.25, -0.2) is 0 Å². The molecule has 0 saturated carbocycles. The number of benzene rings is 2. The highest BCUT2D eigenvalue weighted by Gasteiger charge is 2.21. The Kier molecular flexibility index (Phi) is 5.63. The number of hydrogen-bond acceptors (Lipinski definition) is 4. The third-order valence-electron chi connectivity index (χ3n) is 4.29. The van der Waals surface area contributed by atoms with Crippen molar-refractivity contribution in [3.8, 4) is 5.75 Å². The lowest BCUT2D eigenvalue weighted by Crippen LogP contribution is -2.40. The first-order valence-electron chi connectivity index (χ1n) is 9.08. The second kappa shape index (κ2) is 7.94. The SMILES string of the molecule is CC(C)(C)NC(CO)c1ccc(OCc2ccccc2)c2[nH]c(=O)ccc12. The number of nitrogens with one attached hydrogen (secondary N) is 2. The standard InChI is InChI=1S/C22H26N2O3/c1-22(2,3)24-18(13-25)16-9-11-19(21-17(16)10-12-20(26)23-21)27-14-15-7-5-4-6-8-15/h4-12,18,24-25H,13-14H2,1-3H3,(H,23,26). The summed E-state index contributed by atoms with van der Waals surface area (Å²) in [6, 6.07) is 16.7. The Morgan fingerprint density at radius 1 is 1.07 bits per heavy atom. The molecule has 5 heteroatoms. The van der Waals surface area contributed by atoms with Crippen LogP contribution >= 0.6 is 0 Å². The minimum Gasteiger partial charge on any atom is -0.487 e. The fourth-order valence-electron chi connectivity index (χ4n) is 3.15. The van der Waals surface area contributed by atoms with Crippen LogP contribution in [0.4, 0.5) is 0 Å². The van der Waals surface area contributed by atoms with E-state index < -0.39 is 0 Å². The monoisotopic (exact) mass is 366 g/mol. The first-order chi connectivity index (χ1) is 12.9. The number of aromatic amines is 1. The van der Waals surface area contributed by atoms with Gasteiger partial charge in [0.05, 0.1) is 18.2 Å². The molecule has 1 unspecified atom stereocenters. The van der Waals surface area contributed by atoms with Crippen molar-refractivity contribution < 1.29 is 9.84 Å². The number of aliphatic hydroxyl groups excluding tert-OH is 1. The zero-order valence-electron chi connectivity index (χ0n) is 16.0. The molecule has 0 aliphatic heterocycles. The van der Waals surface area contributed by atoms with Crippen molar-refractivity contribution in [2.45, 2.75) is 39.0 Å². The molecule has 0 amide bonds. The molecule has 142 valence electrons. The maximum atomic E-state index is 11.9. The van der Waals surface area contributed by atoms with Crippen LogP contribution in [0.15, 0.2) is 59.4 Å². The van der Waals surface area contributed by atoms with Crippen molar-refractivity contribution in [3.63, 3.8) is 0 Å². The Morgan fingerprint density at radius 3 is 2.48 bits per heavy atom. The molecule has 0 aliphatic rings. The zero-order chi connectivity index (χ0) is 19.4. The first kappa shape index (κ1) is 19.1. The molecule has 3 N–H and O–H groups in total. The van der Waals surface area contributed by atoms with Crippen LogP contribution < -0.4 is 15.6 Å². The average molecular weight is 366 g/mol. The van der Waals surface area contributed by atoms with Crippen molar-refractivity contribution in [2.24, 2.45) is 0 Å². The molecular weight excluding hydrogens is 340 g/mol. The van der Waals surface area contributed by atoms with Gasteiger partial charge < -0.3 is 20.1 Å². The highest BCUT2D eigenvalue weighted by Crippen LogP contribution is 2.31. The molecule has 5 nitrogen and oxygen atoms in total. The topological polar surface area (TPSA) is 74.3 Å². The van der Waals surface area contributed by atoms with Crippen LogP contribution in [0.25, 0.3) is 10.9 Å². The Labute approximate surface area is 159 Å². The number of pyridine rings is 1. The largest absolute Gasteiger partial charge is 0.487 e. The molecule has 27 heavy (non-hydrogen) atoms. The molecular formula is C22H26N2O3. The van der Waals surface area contributed by atoms with E-state index >= 15 is 0 Å². The van der Waals surface area contributed by atoms with Gasteiger partial charge in [-0.15, -0.1) is 0 Å². The smallest absolute Gasteiger partial charge is 0.248 e. The van der Waals surface area contributed by atoms with Gasteiger partial charge in [0.1, 0.15) is 12.4 Å². The van der Waals surface area contributed by atoms with Crippen molar-refractivity contribution in [2.75, 3.05) is 6.61 Å². The Hall–Kier alpha value is -2.63. The average Bonchev–Trinajstić information content (AvgIpc) is 2.64. The summed E-state index contributed by atoms with van der Waals surface area (Å²) in [5.74, 6) is 0.614. The summed E-state index contributed by atoms with van der Waals surface area (Å²) in [4.78, 5) is 14.8. The van der Waals surface area contributed by atoms with Crippen molar-refractivity contribution >= 4 is 10.9 Å². The van der Waals surface area contributed by atoms with E-state index in [1.54, 1.807) is 6.07 Å². The quantitative estimate of drug-likeness (QED) is 0.624. The zero-order valence-corrected chi connectivity index (χ0v) is 16.0. The number of rotatable bonds is 6. The van der Waals surface area contributed by atoms with Crippen LogP contribution in [0.2, 0.25) is 0 Å². The van der Waals surface area contributed by atoms with Crippen LogP contribution in [0.3, 0.4) is 0 Å². The second-order valence-electron chi connectivity index (χ2n) is 7.67.